The van der Waals surface area contributed by atoms with E-state index in [0.717, 1.165) is 21.9 Å². The number of carbonyl (C=O) groups excluding carboxylic acids is 1. The van der Waals surface area contributed by atoms with Crippen molar-refractivity contribution in [2.45, 2.75) is 39.3 Å². The van der Waals surface area contributed by atoms with Crippen LogP contribution >= 0.6 is 11.6 Å². The summed E-state index contributed by atoms with van der Waals surface area (Å²) in [5.41, 5.74) is 1.39. The number of ether oxygens (including phenoxy) is 1. The summed E-state index contributed by atoms with van der Waals surface area (Å²) in [5.74, 6) is 0.369. The van der Waals surface area contributed by atoms with E-state index >= 15 is 0 Å². The van der Waals surface area contributed by atoms with Crippen LogP contribution in [0.5, 0.6) is 5.75 Å². The maximum atomic E-state index is 12.9. The molecule has 2 atom stereocenters. The van der Waals surface area contributed by atoms with Gasteiger partial charge in [0, 0.05) is 5.02 Å². The number of sulfonamides is 1. The molecule has 1 N–H and O–H groups in total. The molecule has 29 heavy (non-hydrogen) atoms. The average Bonchev–Trinajstić information content (AvgIpc) is 2.65. The number of nitrogens with one attached hydrogen (secondary N) is 1. The van der Waals surface area contributed by atoms with E-state index < -0.39 is 16.1 Å². The number of aryl methyl sites for hydroxylation is 1. The highest BCUT2D eigenvalue weighted by Gasteiger charge is 2.32. The summed E-state index contributed by atoms with van der Waals surface area (Å²) >= 11 is 5.91. The number of hydrogen-bond donors (Lipinski definition) is 1. The van der Waals surface area contributed by atoms with Crippen molar-refractivity contribution in [3.8, 4) is 5.75 Å². The Morgan fingerprint density at radius 1 is 1.17 bits per heavy atom. The smallest absolute Gasteiger partial charge is 0.244 e. The molecule has 0 aliphatic carbocycles. The number of halogens is 1. The summed E-state index contributed by atoms with van der Waals surface area (Å²) in [6, 6.07) is 12.8. The molecule has 158 valence electrons. The Balaban J connectivity index is 2.12. The molecule has 6 nitrogen and oxygen atoms in total. The van der Waals surface area contributed by atoms with Crippen LogP contribution in [0.2, 0.25) is 5.02 Å². The second kappa shape index (κ2) is 9.98. The van der Waals surface area contributed by atoms with Crippen molar-refractivity contribution in [2.24, 2.45) is 0 Å². The van der Waals surface area contributed by atoms with Crippen LogP contribution in [0.15, 0.2) is 48.5 Å². The van der Waals surface area contributed by atoms with Gasteiger partial charge in [-0.2, -0.15) is 0 Å². The van der Waals surface area contributed by atoms with Gasteiger partial charge in [0.1, 0.15) is 18.4 Å². The Kier molecular flexibility index (Phi) is 7.93. The number of amides is 1. The lowest BCUT2D eigenvalue weighted by Gasteiger charge is -2.31. The average molecular weight is 439 g/mol. The first kappa shape index (κ1) is 23.0. The summed E-state index contributed by atoms with van der Waals surface area (Å²) < 4.78 is 31.8. The van der Waals surface area contributed by atoms with Crippen LogP contribution in [0, 0.1) is 6.92 Å². The number of rotatable bonds is 9. The molecule has 0 spiro atoms. The fourth-order valence-corrected chi connectivity index (χ4v) is 4.30. The standard InChI is InChI=1S/C21H27ClN2O4S/c1-5-19(24(29(4,26)27)18-12-10-17(22)11-13-18)21(25)23-16(3)14-28-20-9-7-6-8-15(20)2/h6-13,16,19H,5,14H2,1-4H3,(H,23,25). The minimum Gasteiger partial charge on any atom is -0.491 e. The van der Waals surface area contributed by atoms with Crippen molar-refractivity contribution in [3.63, 3.8) is 0 Å². The molecule has 8 heteroatoms. The summed E-state index contributed by atoms with van der Waals surface area (Å²) in [6.45, 7) is 5.80. The Morgan fingerprint density at radius 3 is 2.34 bits per heavy atom. The molecule has 0 aromatic heterocycles. The zero-order valence-electron chi connectivity index (χ0n) is 17.1. The van der Waals surface area contributed by atoms with E-state index in [1.54, 1.807) is 31.2 Å². The third-order valence-electron chi connectivity index (χ3n) is 4.38. The van der Waals surface area contributed by atoms with E-state index in [1.807, 2.05) is 38.1 Å². The molecular formula is C21H27ClN2O4S. The molecular weight excluding hydrogens is 412 g/mol. The van der Waals surface area contributed by atoms with Gasteiger partial charge in [0.05, 0.1) is 18.0 Å². The highest BCUT2D eigenvalue weighted by Crippen LogP contribution is 2.24. The van der Waals surface area contributed by atoms with Crippen LogP contribution in [-0.4, -0.2) is 39.3 Å². The van der Waals surface area contributed by atoms with Gasteiger partial charge in [0.15, 0.2) is 0 Å². The van der Waals surface area contributed by atoms with Crippen molar-refractivity contribution in [2.75, 3.05) is 17.2 Å². The van der Waals surface area contributed by atoms with Crippen molar-refractivity contribution >= 4 is 33.2 Å². The van der Waals surface area contributed by atoms with Crippen molar-refractivity contribution < 1.29 is 17.9 Å². The predicted molar refractivity (Wildman–Crippen MR) is 117 cm³/mol. The SMILES string of the molecule is CCC(C(=O)NC(C)COc1ccccc1C)N(c1ccc(Cl)cc1)S(C)(=O)=O. The first-order chi connectivity index (χ1) is 13.6. The minimum atomic E-state index is -3.69. The number of hydrogen-bond acceptors (Lipinski definition) is 4. The third-order valence-corrected chi connectivity index (χ3v) is 5.81. The van der Waals surface area contributed by atoms with Crippen LogP contribution in [0.3, 0.4) is 0 Å². The van der Waals surface area contributed by atoms with Gasteiger partial charge >= 0.3 is 0 Å². The van der Waals surface area contributed by atoms with Crippen LogP contribution in [0.25, 0.3) is 0 Å². The van der Waals surface area contributed by atoms with Crippen molar-refractivity contribution in [3.05, 3.63) is 59.1 Å². The quantitative estimate of drug-likeness (QED) is 0.646. The van der Waals surface area contributed by atoms with Gasteiger partial charge in [-0.15, -0.1) is 0 Å². The van der Waals surface area contributed by atoms with Crippen molar-refractivity contribution in [1.29, 1.82) is 0 Å². The molecule has 0 aliphatic rings. The Labute approximate surface area is 177 Å². The van der Waals surface area contributed by atoms with Crippen LogP contribution < -0.4 is 14.4 Å². The minimum absolute atomic E-state index is 0.271. The molecule has 0 saturated heterocycles. The second-order valence-electron chi connectivity index (χ2n) is 6.95. The molecule has 2 aromatic carbocycles. The summed E-state index contributed by atoms with van der Waals surface area (Å²) in [4.78, 5) is 12.9. The molecule has 2 unspecified atom stereocenters. The van der Waals surface area contributed by atoms with E-state index in [2.05, 4.69) is 5.32 Å². The highest BCUT2D eigenvalue weighted by molar-refractivity contribution is 7.92. The van der Waals surface area contributed by atoms with E-state index in [1.165, 1.54) is 0 Å². The van der Waals surface area contributed by atoms with Gasteiger partial charge in [-0.1, -0.05) is 36.7 Å². The van der Waals surface area contributed by atoms with E-state index in [9.17, 15) is 13.2 Å². The van der Waals surface area contributed by atoms with Crippen molar-refractivity contribution in [1.82, 2.24) is 5.32 Å². The number of carbonyl (C=O) groups is 1. The van der Waals surface area contributed by atoms with Crippen LogP contribution in [0.4, 0.5) is 5.69 Å². The number of nitrogens with zero attached hydrogens (tertiary/aromatic N) is 1. The molecule has 2 aromatic rings. The topological polar surface area (TPSA) is 75.7 Å². The first-order valence-corrected chi connectivity index (χ1v) is 11.6. The third kappa shape index (κ3) is 6.37. The molecule has 1 amide bonds. The van der Waals surface area contributed by atoms with Crippen LogP contribution in [-0.2, 0) is 14.8 Å². The monoisotopic (exact) mass is 438 g/mol. The lowest BCUT2D eigenvalue weighted by molar-refractivity contribution is -0.123. The van der Waals surface area contributed by atoms with E-state index in [0.29, 0.717) is 17.1 Å². The number of benzene rings is 2. The second-order valence-corrected chi connectivity index (χ2v) is 9.24. The summed E-state index contributed by atoms with van der Waals surface area (Å²) in [6.07, 6.45) is 1.40. The number of para-hydroxylation sites is 1. The van der Waals surface area contributed by atoms with Gasteiger partial charge in [-0.3, -0.25) is 9.10 Å². The highest BCUT2D eigenvalue weighted by atomic mass is 35.5. The van der Waals surface area contributed by atoms with Gasteiger partial charge in [0.2, 0.25) is 15.9 Å². The fraction of sp³-hybridized carbons (Fsp3) is 0.381. The Bertz CT molecular complexity index is 932. The van der Waals surface area contributed by atoms with Gasteiger partial charge in [-0.05, 0) is 56.2 Å². The molecule has 0 radical (unpaired) electrons. The Hall–Kier alpha value is -2.25. The maximum Gasteiger partial charge on any atom is 0.244 e. The maximum absolute atomic E-state index is 12.9. The first-order valence-electron chi connectivity index (χ1n) is 9.37. The zero-order valence-corrected chi connectivity index (χ0v) is 18.6. The zero-order chi connectivity index (χ0) is 21.6. The van der Waals surface area contributed by atoms with E-state index in [4.69, 9.17) is 16.3 Å². The van der Waals surface area contributed by atoms with Crippen LogP contribution in [0.1, 0.15) is 25.8 Å². The van der Waals surface area contributed by atoms with Gasteiger partial charge in [0.25, 0.3) is 0 Å². The lowest BCUT2D eigenvalue weighted by Crippen LogP contribution is -2.52. The largest absolute Gasteiger partial charge is 0.491 e. The van der Waals surface area contributed by atoms with E-state index in [-0.39, 0.29) is 18.6 Å². The lowest BCUT2D eigenvalue weighted by atomic mass is 10.1. The molecule has 0 saturated carbocycles. The molecule has 0 aliphatic heterocycles. The summed E-state index contributed by atoms with van der Waals surface area (Å²) in [7, 11) is -3.69. The molecule has 0 bridgehead atoms. The normalized spacial score (nSPS) is 13.4. The van der Waals surface area contributed by atoms with Gasteiger partial charge in [-0.25, -0.2) is 8.42 Å². The molecule has 0 fully saturated rings. The fourth-order valence-electron chi connectivity index (χ4n) is 2.96. The number of anilines is 1. The molecule has 0 heterocycles. The summed E-state index contributed by atoms with van der Waals surface area (Å²) in [5, 5.41) is 3.35. The van der Waals surface area contributed by atoms with Gasteiger partial charge < -0.3 is 10.1 Å². The Morgan fingerprint density at radius 2 is 1.79 bits per heavy atom. The predicted octanol–water partition coefficient (Wildman–Crippen LogP) is 3.78. The molecule has 2 rings (SSSR count).